The molecule has 0 aromatic heterocycles. The first kappa shape index (κ1) is 53.9. The summed E-state index contributed by atoms with van der Waals surface area (Å²) in [6.45, 7) is 2.05. The van der Waals surface area contributed by atoms with E-state index in [1.54, 1.807) is 0 Å². The summed E-state index contributed by atoms with van der Waals surface area (Å²) in [4.78, 5) is 35.0. The summed E-state index contributed by atoms with van der Waals surface area (Å²) < 4.78 is 32.6. The summed E-state index contributed by atoms with van der Waals surface area (Å²) in [5.41, 5.74) is 0. The Morgan fingerprint density at radius 2 is 0.930 bits per heavy atom. The highest BCUT2D eigenvalue weighted by atomic mass is 31.2. The van der Waals surface area contributed by atoms with Crippen molar-refractivity contribution in [1.82, 2.24) is 0 Å². The summed E-state index contributed by atoms with van der Waals surface area (Å²) in [5.74, 6) is -1.02. The Balaban J connectivity index is 4.44. The third-order valence-electron chi connectivity index (χ3n) is 8.23. The van der Waals surface area contributed by atoms with Gasteiger partial charge in [-0.1, -0.05) is 143 Å². The molecule has 3 atom stereocenters. The van der Waals surface area contributed by atoms with Crippen molar-refractivity contribution >= 4 is 19.8 Å². The van der Waals surface area contributed by atoms with E-state index in [2.05, 4.69) is 103 Å². The quantitative estimate of drug-likeness (QED) is 0.0238. The fraction of sp³-hybridized carbons (Fsp3) is 0.609. The van der Waals surface area contributed by atoms with Crippen LogP contribution in [-0.4, -0.2) is 65.7 Å². The van der Waals surface area contributed by atoms with Crippen molar-refractivity contribution in [2.45, 2.75) is 154 Å². The molecule has 0 amide bonds. The van der Waals surface area contributed by atoms with Gasteiger partial charge in [-0.05, 0) is 83.5 Å². The summed E-state index contributed by atoms with van der Waals surface area (Å²) in [7, 11) is -4.64. The molecule has 57 heavy (non-hydrogen) atoms. The number of hydrogen-bond acceptors (Lipinski definition) is 9. The zero-order valence-corrected chi connectivity index (χ0v) is 35.9. The minimum atomic E-state index is -4.64. The molecule has 11 heteroatoms. The Labute approximate surface area is 344 Å². The zero-order valence-electron chi connectivity index (χ0n) is 35.0. The molecule has 0 fully saturated rings. The minimum Gasteiger partial charge on any atom is -0.462 e. The van der Waals surface area contributed by atoms with Gasteiger partial charge in [0, 0.05) is 12.8 Å². The lowest BCUT2D eigenvalue weighted by Gasteiger charge is -2.20. The van der Waals surface area contributed by atoms with Gasteiger partial charge in [-0.15, -0.1) is 0 Å². The number of aliphatic hydroxyl groups excluding tert-OH is 2. The number of carbonyl (C=O) groups is 2. The molecule has 0 spiro atoms. The largest absolute Gasteiger partial charge is 0.472 e. The zero-order chi connectivity index (χ0) is 41.9. The third kappa shape index (κ3) is 40.9. The number of esters is 2. The Bertz CT molecular complexity index is 1260. The van der Waals surface area contributed by atoms with Gasteiger partial charge in [0.25, 0.3) is 0 Å². The maximum Gasteiger partial charge on any atom is 0.472 e. The smallest absolute Gasteiger partial charge is 0.462 e. The number of unbranched alkanes of at least 4 members (excludes halogenated alkanes) is 8. The maximum atomic E-state index is 12.6. The van der Waals surface area contributed by atoms with E-state index in [0.717, 1.165) is 83.5 Å². The van der Waals surface area contributed by atoms with Crippen LogP contribution in [0.15, 0.2) is 97.2 Å². The van der Waals surface area contributed by atoms with Gasteiger partial charge in [-0.2, -0.15) is 0 Å². The van der Waals surface area contributed by atoms with Crippen molar-refractivity contribution in [3.05, 3.63) is 97.2 Å². The molecule has 0 radical (unpaired) electrons. The molecule has 0 bridgehead atoms. The van der Waals surface area contributed by atoms with Gasteiger partial charge in [0.2, 0.25) is 0 Å². The molecule has 3 N–H and O–H groups in total. The molecule has 0 rings (SSSR count). The number of phosphoric ester groups is 1. The normalized spacial score (nSPS) is 14.8. The Morgan fingerprint density at radius 1 is 0.526 bits per heavy atom. The minimum absolute atomic E-state index is 0.0977. The standard InChI is InChI=1S/C46H75O10P/c1-3-5-7-9-11-13-15-17-19-21-23-25-27-29-31-33-35-37-45(49)53-41-44(42-55-57(51,52)54-40-43(48)39-47)56-46(50)38-36-34-32-30-28-26-24-22-20-18-16-14-12-10-8-6-4-2/h5-8,11-14,17-20,24,26,30,32,43-44,47-48H,3-4,9-10,15-16,21-23,25,27-29,31,33-42H2,1-2H3,(H,51,52)/b7-5-,8-6-,13-11-,14-12-,19-17-,20-18-,26-24-,32-30-. The fourth-order valence-corrected chi connectivity index (χ4v) is 5.83. The molecule has 10 nitrogen and oxygen atoms in total. The summed E-state index contributed by atoms with van der Waals surface area (Å²) >= 11 is 0. The molecule has 0 saturated carbocycles. The van der Waals surface area contributed by atoms with Crippen molar-refractivity contribution in [2.24, 2.45) is 0 Å². The Kier molecular flexibility index (Phi) is 38.8. The van der Waals surface area contributed by atoms with Crippen LogP contribution in [0.1, 0.15) is 142 Å². The fourth-order valence-electron chi connectivity index (χ4n) is 5.04. The Hall–Kier alpha value is -3.11. The van der Waals surface area contributed by atoms with Gasteiger partial charge >= 0.3 is 19.8 Å². The number of carbonyl (C=O) groups excluding carboxylic acids is 2. The van der Waals surface area contributed by atoms with Crippen molar-refractivity contribution in [3.8, 4) is 0 Å². The number of phosphoric acid groups is 1. The van der Waals surface area contributed by atoms with Crippen molar-refractivity contribution in [2.75, 3.05) is 26.4 Å². The summed E-state index contributed by atoms with van der Waals surface area (Å²) in [5, 5.41) is 18.3. The predicted molar refractivity (Wildman–Crippen MR) is 232 cm³/mol. The van der Waals surface area contributed by atoms with Gasteiger partial charge in [0.1, 0.15) is 12.7 Å². The molecule has 0 aromatic rings. The first-order chi connectivity index (χ1) is 27.7. The van der Waals surface area contributed by atoms with Crippen LogP contribution in [0, 0.1) is 0 Å². The van der Waals surface area contributed by atoms with Crippen LogP contribution in [0.3, 0.4) is 0 Å². The highest BCUT2D eigenvalue weighted by Gasteiger charge is 2.27. The predicted octanol–water partition coefficient (Wildman–Crippen LogP) is 11.2. The van der Waals surface area contributed by atoms with E-state index in [1.807, 2.05) is 12.2 Å². The van der Waals surface area contributed by atoms with E-state index in [9.17, 15) is 24.2 Å². The second kappa shape index (κ2) is 41.1. The molecular weight excluding hydrogens is 743 g/mol. The van der Waals surface area contributed by atoms with Crippen LogP contribution in [0.25, 0.3) is 0 Å². The Morgan fingerprint density at radius 3 is 1.42 bits per heavy atom. The molecule has 0 aliphatic carbocycles. The third-order valence-corrected chi connectivity index (χ3v) is 9.18. The second-order valence-electron chi connectivity index (χ2n) is 13.6. The van der Waals surface area contributed by atoms with Gasteiger partial charge in [0.15, 0.2) is 6.10 Å². The highest BCUT2D eigenvalue weighted by molar-refractivity contribution is 7.47. The number of rotatable bonds is 38. The average Bonchev–Trinajstić information content (AvgIpc) is 3.20. The van der Waals surface area contributed by atoms with Crippen LogP contribution in [0.5, 0.6) is 0 Å². The number of aliphatic hydroxyl groups is 2. The van der Waals surface area contributed by atoms with Gasteiger partial charge in [-0.3, -0.25) is 18.6 Å². The number of hydrogen-bond donors (Lipinski definition) is 3. The van der Waals surface area contributed by atoms with Gasteiger partial charge in [0.05, 0.1) is 19.8 Å². The first-order valence-corrected chi connectivity index (χ1v) is 22.7. The van der Waals surface area contributed by atoms with Crippen LogP contribution < -0.4 is 0 Å². The molecule has 324 valence electrons. The van der Waals surface area contributed by atoms with Crippen LogP contribution >= 0.6 is 7.82 Å². The second-order valence-corrected chi connectivity index (χ2v) is 15.1. The maximum absolute atomic E-state index is 12.6. The topological polar surface area (TPSA) is 149 Å². The van der Waals surface area contributed by atoms with Crippen LogP contribution in [-0.2, 0) is 32.7 Å². The SMILES string of the molecule is CC/C=C\C/C=C\C/C=C\C/C=C\C/C=C\CCCC(=O)OC(COC(=O)CCCCCCCCC/C=C\C/C=C\C/C=C\CC)COP(=O)(O)OCC(O)CO. The summed E-state index contributed by atoms with van der Waals surface area (Å²) in [6, 6.07) is 0. The highest BCUT2D eigenvalue weighted by Crippen LogP contribution is 2.43. The molecule has 0 aliphatic heterocycles. The molecule has 0 saturated heterocycles. The number of allylic oxidation sites excluding steroid dienone is 16. The van der Waals surface area contributed by atoms with E-state index in [-0.39, 0.29) is 19.4 Å². The lowest BCUT2D eigenvalue weighted by molar-refractivity contribution is -0.161. The van der Waals surface area contributed by atoms with Gasteiger partial charge < -0.3 is 24.6 Å². The molecule has 0 aliphatic rings. The van der Waals surface area contributed by atoms with Crippen molar-refractivity contribution < 1.29 is 47.8 Å². The van der Waals surface area contributed by atoms with E-state index in [1.165, 1.54) is 12.8 Å². The van der Waals surface area contributed by atoms with E-state index < -0.39 is 51.8 Å². The van der Waals surface area contributed by atoms with E-state index in [0.29, 0.717) is 19.3 Å². The monoisotopic (exact) mass is 819 g/mol. The van der Waals surface area contributed by atoms with Crippen LogP contribution in [0.2, 0.25) is 0 Å². The van der Waals surface area contributed by atoms with Crippen molar-refractivity contribution in [1.29, 1.82) is 0 Å². The van der Waals surface area contributed by atoms with E-state index in [4.69, 9.17) is 19.1 Å². The molecule has 0 aromatic carbocycles. The first-order valence-electron chi connectivity index (χ1n) is 21.2. The van der Waals surface area contributed by atoms with E-state index >= 15 is 0 Å². The lowest BCUT2D eigenvalue weighted by atomic mass is 10.1. The molecule has 0 heterocycles. The molecule has 3 unspecified atom stereocenters. The molecular formula is C46H75O10P. The summed E-state index contributed by atoms with van der Waals surface area (Å²) in [6.07, 6.45) is 49.5. The average molecular weight is 819 g/mol. The lowest BCUT2D eigenvalue weighted by Crippen LogP contribution is -2.29. The van der Waals surface area contributed by atoms with Crippen molar-refractivity contribution in [3.63, 3.8) is 0 Å². The van der Waals surface area contributed by atoms with Crippen LogP contribution in [0.4, 0.5) is 0 Å². The number of ether oxygens (including phenoxy) is 2. The van der Waals surface area contributed by atoms with Gasteiger partial charge in [-0.25, -0.2) is 4.57 Å².